The lowest BCUT2D eigenvalue weighted by Crippen LogP contribution is -2.23. The summed E-state index contributed by atoms with van der Waals surface area (Å²) in [6.07, 6.45) is 0.796. The van der Waals surface area contributed by atoms with Crippen LogP contribution in [0.4, 0.5) is 0 Å². The van der Waals surface area contributed by atoms with Crippen molar-refractivity contribution >= 4 is 5.91 Å². The fourth-order valence-corrected chi connectivity index (χ4v) is 1.92. The van der Waals surface area contributed by atoms with Crippen molar-refractivity contribution in [2.24, 2.45) is 5.73 Å². The van der Waals surface area contributed by atoms with Gasteiger partial charge in [-0.3, -0.25) is 4.79 Å². The van der Waals surface area contributed by atoms with Crippen LogP contribution in [0, 0.1) is 0 Å². The molecule has 1 heterocycles. The van der Waals surface area contributed by atoms with Crippen molar-refractivity contribution in [2.45, 2.75) is 19.4 Å². The van der Waals surface area contributed by atoms with Gasteiger partial charge in [-0.2, -0.15) is 0 Å². The summed E-state index contributed by atoms with van der Waals surface area (Å²) in [4.78, 5) is 11.4. The second kappa shape index (κ2) is 3.77. The molecule has 3 heteroatoms. The highest BCUT2D eigenvalue weighted by Gasteiger charge is 2.29. The number of carbonyl (C=O) groups excluding carboxylic acids is 1. The van der Waals surface area contributed by atoms with Crippen LogP contribution in [-0.4, -0.2) is 5.91 Å². The van der Waals surface area contributed by atoms with E-state index in [1.54, 1.807) is 0 Å². The monoisotopic (exact) mass is 202 g/mol. The Kier molecular flexibility index (Phi) is 2.46. The fourth-order valence-electron chi connectivity index (χ4n) is 1.92. The summed E-state index contributed by atoms with van der Waals surface area (Å²) in [6, 6.07) is 9.84. The van der Waals surface area contributed by atoms with E-state index < -0.39 is 0 Å². The van der Waals surface area contributed by atoms with E-state index in [9.17, 15) is 4.79 Å². The molecule has 0 bridgehead atoms. The Morgan fingerprint density at radius 2 is 2.00 bits per heavy atom. The summed E-state index contributed by atoms with van der Waals surface area (Å²) in [7, 11) is 0. The minimum Gasteiger partial charge on any atom is -0.394 e. The summed E-state index contributed by atoms with van der Waals surface area (Å²) >= 11 is 0. The zero-order valence-electron chi connectivity index (χ0n) is 8.66. The average molecular weight is 202 g/mol. The lowest BCUT2D eigenvalue weighted by Gasteiger charge is -2.13. The zero-order valence-corrected chi connectivity index (χ0v) is 8.66. The molecular weight excluding hydrogens is 188 g/mol. The minimum absolute atomic E-state index is 0.0382. The molecule has 0 aliphatic carbocycles. The lowest BCUT2D eigenvalue weighted by molar-refractivity contribution is -0.117. The van der Waals surface area contributed by atoms with Crippen molar-refractivity contribution in [2.75, 3.05) is 0 Å². The predicted molar refractivity (Wildman–Crippen MR) is 58.8 cm³/mol. The molecule has 0 aromatic heterocycles. The van der Waals surface area contributed by atoms with Crippen LogP contribution in [-0.2, 0) is 4.79 Å². The highest BCUT2D eigenvalue weighted by atomic mass is 16.2. The highest BCUT2D eigenvalue weighted by Crippen LogP contribution is 2.29. The van der Waals surface area contributed by atoms with Crippen LogP contribution in [0.3, 0.4) is 0 Å². The Morgan fingerprint density at radius 1 is 1.33 bits per heavy atom. The summed E-state index contributed by atoms with van der Waals surface area (Å²) in [5.74, 6) is -0.152. The van der Waals surface area contributed by atoms with Gasteiger partial charge in [-0.25, -0.2) is 0 Å². The molecule has 78 valence electrons. The van der Waals surface area contributed by atoms with Gasteiger partial charge < -0.3 is 11.1 Å². The molecule has 1 atom stereocenters. The quantitative estimate of drug-likeness (QED) is 0.763. The first-order valence-electron chi connectivity index (χ1n) is 5.08. The van der Waals surface area contributed by atoms with Crippen LogP contribution >= 0.6 is 0 Å². The van der Waals surface area contributed by atoms with E-state index in [-0.39, 0.29) is 11.9 Å². The van der Waals surface area contributed by atoms with Crippen molar-refractivity contribution < 1.29 is 4.79 Å². The van der Waals surface area contributed by atoms with Gasteiger partial charge in [0.15, 0.2) is 0 Å². The smallest absolute Gasteiger partial charge is 0.267 e. The molecule has 0 saturated carbocycles. The molecular formula is C12H14N2O. The topological polar surface area (TPSA) is 55.1 Å². The molecule has 0 radical (unpaired) electrons. The first kappa shape index (κ1) is 9.77. The normalized spacial score (nSPS) is 20.6. The lowest BCUT2D eigenvalue weighted by atomic mass is 9.98. The molecule has 3 nitrogen and oxygen atoms in total. The van der Waals surface area contributed by atoms with Crippen molar-refractivity contribution in [1.82, 2.24) is 5.32 Å². The molecule has 0 spiro atoms. The number of hydrogen-bond acceptors (Lipinski definition) is 2. The van der Waals surface area contributed by atoms with E-state index >= 15 is 0 Å². The van der Waals surface area contributed by atoms with Crippen LogP contribution in [0.1, 0.15) is 24.9 Å². The number of nitrogens with two attached hydrogens (primary N) is 1. The highest BCUT2D eigenvalue weighted by molar-refractivity contribution is 5.96. The molecule has 2 rings (SSSR count). The fraction of sp³-hybridized carbons (Fsp3) is 0.250. The van der Waals surface area contributed by atoms with Gasteiger partial charge in [-0.15, -0.1) is 0 Å². The number of nitrogens with one attached hydrogen (secondary N) is 1. The van der Waals surface area contributed by atoms with E-state index in [0.717, 1.165) is 17.6 Å². The van der Waals surface area contributed by atoms with Crippen LogP contribution in [0.15, 0.2) is 41.6 Å². The third-order valence-corrected chi connectivity index (χ3v) is 2.73. The third-order valence-electron chi connectivity index (χ3n) is 2.73. The number of rotatable bonds is 2. The van der Waals surface area contributed by atoms with Gasteiger partial charge in [0.1, 0.15) is 0 Å². The molecule has 0 saturated heterocycles. The second-order valence-electron chi connectivity index (χ2n) is 3.61. The maximum Gasteiger partial charge on any atom is 0.267 e. The summed E-state index contributed by atoms with van der Waals surface area (Å²) in [5, 5.41) is 2.88. The van der Waals surface area contributed by atoms with Gasteiger partial charge in [-0.1, -0.05) is 37.3 Å². The molecule has 1 aromatic carbocycles. The van der Waals surface area contributed by atoms with Gasteiger partial charge >= 0.3 is 0 Å². The Hall–Kier alpha value is -1.77. The zero-order chi connectivity index (χ0) is 10.8. The minimum atomic E-state index is -0.152. The number of hydrogen-bond donors (Lipinski definition) is 2. The molecule has 3 N–H and O–H groups in total. The summed E-state index contributed by atoms with van der Waals surface area (Å²) < 4.78 is 0. The van der Waals surface area contributed by atoms with Crippen molar-refractivity contribution in [3.05, 3.63) is 47.2 Å². The number of benzene rings is 1. The van der Waals surface area contributed by atoms with Crippen LogP contribution in [0.25, 0.3) is 0 Å². The summed E-state index contributed by atoms with van der Waals surface area (Å²) in [6.45, 7) is 2.01. The molecule has 0 fully saturated rings. The van der Waals surface area contributed by atoms with E-state index in [2.05, 4.69) is 5.32 Å². The largest absolute Gasteiger partial charge is 0.394 e. The Bertz CT molecular complexity index is 409. The van der Waals surface area contributed by atoms with Crippen molar-refractivity contribution in [1.29, 1.82) is 0 Å². The second-order valence-corrected chi connectivity index (χ2v) is 3.61. The summed E-state index contributed by atoms with van der Waals surface area (Å²) in [5.41, 5.74) is 8.19. The van der Waals surface area contributed by atoms with E-state index in [1.165, 1.54) is 0 Å². The third kappa shape index (κ3) is 1.61. The van der Waals surface area contributed by atoms with Gasteiger partial charge in [-0.05, 0) is 17.6 Å². The Labute approximate surface area is 89.0 Å². The number of carbonyl (C=O) groups is 1. The van der Waals surface area contributed by atoms with Gasteiger partial charge in [0.25, 0.3) is 5.91 Å². The van der Waals surface area contributed by atoms with Gasteiger partial charge in [0, 0.05) is 0 Å². The van der Waals surface area contributed by atoms with Gasteiger partial charge in [0.05, 0.1) is 11.7 Å². The van der Waals surface area contributed by atoms with Crippen LogP contribution < -0.4 is 11.1 Å². The first-order valence-corrected chi connectivity index (χ1v) is 5.08. The first-order chi connectivity index (χ1) is 7.24. The molecule has 1 aliphatic heterocycles. The maximum atomic E-state index is 11.4. The van der Waals surface area contributed by atoms with E-state index in [0.29, 0.717) is 5.70 Å². The van der Waals surface area contributed by atoms with Crippen molar-refractivity contribution in [3.8, 4) is 0 Å². The predicted octanol–water partition coefficient (Wildman–Crippen LogP) is 1.48. The molecule has 1 aromatic rings. The Morgan fingerprint density at radius 3 is 2.60 bits per heavy atom. The van der Waals surface area contributed by atoms with E-state index in [1.807, 2.05) is 37.3 Å². The molecule has 1 unspecified atom stereocenters. The van der Waals surface area contributed by atoms with Crippen LogP contribution in [0.2, 0.25) is 0 Å². The van der Waals surface area contributed by atoms with Crippen molar-refractivity contribution in [3.63, 3.8) is 0 Å². The van der Waals surface area contributed by atoms with E-state index in [4.69, 9.17) is 5.73 Å². The standard InChI is InChI=1S/C12H14N2O/c1-2-9-10(13)12(15)14-11(9)8-6-4-3-5-7-8/h3-7,11H,2,13H2,1H3,(H,14,15). The molecule has 15 heavy (non-hydrogen) atoms. The molecule has 1 amide bonds. The Balaban J connectivity index is 2.37. The average Bonchev–Trinajstić information content (AvgIpc) is 2.56. The SMILES string of the molecule is CCC1=C(N)C(=O)NC1c1ccccc1. The number of amides is 1. The maximum absolute atomic E-state index is 11.4. The van der Waals surface area contributed by atoms with Gasteiger partial charge in [0.2, 0.25) is 0 Å². The molecule has 1 aliphatic rings. The van der Waals surface area contributed by atoms with Crippen LogP contribution in [0.5, 0.6) is 0 Å².